The van der Waals surface area contributed by atoms with E-state index in [1.807, 2.05) is 36.4 Å². The van der Waals surface area contributed by atoms with Crippen LogP contribution in [0.15, 0.2) is 57.8 Å². The summed E-state index contributed by atoms with van der Waals surface area (Å²) in [6, 6.07) is 13.0. The number of nitrogens with one attached hydrogen (secondary N) is 1. The summed E-state index contributed by atoms with van der Waals surface area (Å²) in [5.41, 5.74) is 3.74. The Balaban J connectivity index is 1.71. The molecule has 0 saturated carbocycles. The summed E-state index contributed by atoms with van der Waals surface area (Å²) in [5, 5.41) is 13.0. The molecule has 0 saturated heterocycles. The third-order valence-corrected chi connectivity index (χ3v) is 8.15. The summed E-state index contributed by atoms with van der Waals surface area (Å²) < 4.78 is 5.93. The number of aromatic nitrogens is 1. The second-order valence-corrected chi connectivity index (χ2v) is 10.6. The van der Waals surface area contributed by atoms with Crippen molar-refractivity contribution in [3.63, 3.8) is 0 Å². The second kappa shape index (κ2) is 11.9. The van der Waals surface area contributed by atoms with Crippen LogP contribution in [-0.4, -0.2) is 41.6 Å². The van der Waals surface area contributed by atoms with Crippen LogP contribution in [0.2, 0.25) is 0 Å². The number of hydrogen-bond acceptors (Lipinski definition) is 7. The van der Waals surface area contributed by atoms with Gasteiger partial charge in [0.2, 0.25) is 0 Å². The number of carboxylic acids is 1. The minimum Gasteiger partial charge on any atom is -0.481 e. The number of allylic oxidation sites excluding steroid dienone is 1. The summed E-state index contributed by atoms with van der Waals surface area (Å²) >= 11 is 1.45. The fraction of sp³-hybridized carbons (Fsp3) is 0.290. The zero-order valence-electron chi connectivity index (χ0n) is 22.5. The normalized spacial score (nSPS) is 12.3. The Bertz CT molecular complexity index is 1670. The summed E-state index contributed by atoms with van der Waals surface area (Å²) in [6.45, 7) is 5.98. The Labute approximate surface area is 236 Å². The Hall–Kier alpha value is -4.24. The molecule has 2 aromatic heterocycles. The molecule has 1 aliphatic carbocycles. The molecule has 206 valence electrons. The van der Waals surface area contributed by atoms with Gasteiger partial charge in [0.25, 0.3) is 5.91 Å². The average molecular weight is 558 g/mol. The molecule has 1 amide bonds. The van der Waals surface area contributed by atoms with E-state index in [9.17, 15) is 14.4 Å². The number of thiazole rings is 1. The molecule has 0 fully saturated rings. The summed E-state index contributed by atoms with van der Waals surface area (Å²) in [6.07, 6.45) is 6.13. The van der Waals surface area contributed by atoms with E-state index in [0.29, 0.717) is 44.7 Å². The Morgan fingerprint density at radius 2 is 1.93 bits per heavy atom. The molecular formula is C31H31N3O5S. The predicted molar refractivity (Wildman–Crippen MR) is 159 cm³/mol. The van der Waals surface area contributed by atoms with Crippen LogP contribution in [0, 0.1) is 0 Å². The van der Waals surface area contributed by atoms with E-state index in [4.69, 9.17) is 14.5 Å². The van der Waals surface area contributed by atoms with Crippen molar-refractivity contribution in [3.05, 3.63) is 75.1 Å². The smallest absolute Gasteiger partial charge is 0.347 e. The molecule has 8 nitrogen and oxygen atoms in total. The standard InChI is InChI=1S/C31H31N3O5S/c1-3-34(4-2)19-15-16-22-24(18-19)39-31(38)28(30-33-23-12-7-8-13-25(23)40-30)27(22)20-10-5-6-11-21(20)29(37)32-17-9-14-26(35)36/h5-6,8,10-11,13,15-16,18H,3-4,7,9,12,14,17H2,1-2H3,(H,32,37)(H,35,36). The van der Waals surface area contributed by atoms with Gasteiger partial charge in [-0.05, 0) is 62.9 Å². The lowest BCUT2D eigenvalue weighted by molar-refractivity contribution is -0.137. The first-order valence-corrected chi connectivity index (χ1v) is 14.3. The number of carbonyl (C=O) groups excluding carboxylic acids is 1. The molecule has 2 N–H and O–H groups in total. The number of aryl methyl sites for hydroxylation is 1. The maximum Gasteiger partial charge on any atom is 0.347 e. The van der Waals surface area contributed by atoms with Gasteiger partial charge in [-0.2, -0.15) is 0 Å². The number of hydrogen-bond donors (Lipinski definition) is 2. The van der Waals surface area contributed by atoms with Crippen molar-refractivity contribution in [2.75, 3.05) is 24.5 Å². The summed E-state index contributed by atoms with van der Waals surface area (Å²) in [4.78, 5) is 46.0. The van der Waals surface area contributed by atoms with Crippen LogP contribution in [0.3, 0.4) is 0 Å². The van der Waals surface area contributed by atoms with Gasteiger partial charge in [-0.3, -0.25) is 9.59 Å². The fourth-order valence-corrected chi connectivity index (χ4v) is 6.16. The fourth-order valence-electron chi connectivity index (χ4n) is 5.08. The van der Waals surface area contributed by atoms with Crippen LogP contribution in [0.1, 0.15) is 54.0 Å². The quantitative estimate of drug-likeness (QED) is 0.182. The third kappa shape index (κ3) is 5.42. The molecule has 0 bridgehead atoms. The minimum atomic E-state index is -0.910. The van der Waals surface area contributed by atoms with E-state index >= 15 is 0 Å². The molecule has 4 aromatic rings. The molecule has 40 heavy (non-hydrogen) atoms. The lowest BCUT2D eigenvalue weighted by atomic mass is 9.92. The Morgan fingerprint density at radius 1 is 1.12 bits per heavy atom. The first kappa shape index (κ1) is 27.3. The highest BCUT2D eigenvalue weighted by Crippen LogP contribution is 2.41. The van der Waals surface area contributed by atoms with Crippen molar-refractivity contribution in [2.24, 2.45) is 0 Å². The molecule has 0 radical (unpaired) electrons. The minimum absolute atomic E-state index is 0.0333. The number of amides is 1. The van der Waals surface area contributed by atoms with Crippen molar-refractivity contribution < 1.29 is 19.1 Å². The van der Waals surface area contributed by atoms with Crippen LogP contribution in [0.5, 0.6) is 0 Å². The molecule has 0 spiro atoms. The molecule has 1 aliphatic rings. The maximum absolute atomic E-state index is 13.7. The lowest BCUT2D eigenvalue weighted by Gasteiger charge is -2.21. The third-order valence-electron chi connectivity index (χ3n) is 7.07. The SMILES string of the molecule is CCN(CC)c1ccc2c(-c3ccccc3C(=O)NCCCC(=O)O)c(-c3nc4c(s3)C=CCC4)c(=O)oc2c1. The molecule has 9 heteroatoms. The van der Waals surface area contributed by atoms with Gasteiger partial charge in [0, 0.05) is 54.3 Å². The van der Waals surface area contributed by atoms with Gasteiger partial charge in [0.15, 0.2) is 0 Å². The lowest BCUT2D eigenvalue weighted by Crippen LogP contribution is -2.25. The van der Waals surface area contributed by atoms with Crippen molar-refractivity contribution in [1.29, 1.82) is 0 Å². The zero-order chi connectivity index (χ0) is 28.2. The molecule has 2 heterocycles. The van der Waals surface area contributed by atoms with Gasteiger partial charge in [0.05, 0.1) is 10.6 Å². The molecule has 0 atom stereocenters. The van der Waals surface area contributed by atoms with E-state index in [0.717, 1.165) is 42.2 Å². The highest BCUT2D eigenvalue weighted by molar-refractivity contribution is 7.16. The monoisotopic (exact) mass is 557 g/mol. The van der Waals surface area contributed by atoms with E-state index in [1.165, 1.54) is 11.3 Å². The number of carbonyl (C=O) groups is 2. The van der Waals surface area contributed by atoms with E-state index < -0.39 is 11.6 Å². The largest absolute Gasteiger partial charge is 0.481 e. The number of nitrogens with zero attached hydrogens (tertiary/aromatic N) is 2. The van der Waals surface area contributed by atoms with E-state index in [1.54, 1.807) is 12.1 Å². The van der Waals surface area contributed by atoms with Gasteiger partial charge in [-0.25, -0.2) is 9.78 Å². The van der Waals surface area contributed by atoms with E-state index in [-0.39, 0.29) is 18.9 Å². The first-order valence-electron chi connectivity index (χ1n) is 13.5. The van der Waals surface area contributed by atoms with Crippen LogP contribution in [0.25, 0.3) is 38.7 Å². The Kier molecular flexibility index (Phi) is 8.11. The predicted octanol–water partition coefficient (Wildman–Crippen LogP) is 5.98. The summed E-state index contributed by atoms with van der Waals surface area (Å²) in [7, 11) is 0. The summed E-state index contributed by atoms with van der Waals surface area (Å²) in [5.74, 6) is -1.25. The first-order chi connectivity index (χ1) is 19.4. The van der Waals surface area contributed by atoms with E-state index in [2.05, 4.69) is 30.1 Å². The number of anilines is 1. The maximum atomic E-state index is 13.7. The molecular weight excluding hydrogens is 526 g/mol. The number of fused-ring (bicyclic) bond motifs is 2. The van der Waals surface area contributed by atoms with Gasteiger partial charge in [-0.1, -0.05) is 24.3 Å². The molecule has 0 unspecified atom stereocenters. The molecule has 0 aliphatic heterocycles. The van der Waals surface area contributed by atoms with Gasteiger partial charge in [0.1, 0.15) is 16.2 Å². The Morgan fingerprint density at radius 3 is 2.67 bits per heavy atom. The van der Waals surface area contributed by atoms with Crippen LogP contribution in [0.4, 0.5) is 5.69 Å². The van der Waals surface area contributed by atoms with Gasteiger partial charge in [-0.15, -0.1) is 11.3 Å². The van der Waals surface area contributed by atoms with Crippen molar-refractivity contribution in [3.8, 4) is 21.7 Å². The van der Waals surface area contributed by atoms with Crippen LogP contribution >= 0.6 is 11.3 Å². The number of aliphatic carboxylic acids is 1. The van der Waals surface area contributed by atoms with Crippen molar-refractivity contribution >= 4 is 45.9 Å². The van der Waals surface area contributed by atoms with Gasteiger partial charge >= 0.3 is 11.6 Å². The topological polar surface area (TPSA) is 113 Å². The number of rotatable bonds is 10. The average Bonchev–Trinajstić information content (AvgIpc) is 3.39. The highest BCUT2D eigenvalue weighted by Gasteiger charge is 2.26. The second-order valence-electron chi connectivity index (χ2n) is 9.56. The highest BCUT2D eigenvalue weighted by atomic mass is 32.1. The van der Waals surface area contributed by atoms with Crippen LogP contribution in [-0.2, 0) is 11.2 Å². The molecule has 5 rings (SSSR count). The van der Waals surface area contributed by atoms with Gasteiger partial charge < -0.3 is 19.7 Å². The van der Waals surface area contributed by atoms with Crippen molar-refractivity contribution in [1.82, 2.24) is 10.3 Å². The number of carboxylic acid groups (broad SMARTS) is 1. The van der Waals surface area contributed by atoms with Crippen molar-refractivity contribution in [2.45, 2.75) is 39.5 Å². The number of benzene rings is 2. The van der Waals surface area contributed by atoms with Crippen LogP contribution < -0.4 is 15.8 Å². The zero-order valence-corrected chi connectivity index (χ0v) is 23.3. The molecule has 2 aromatic carbocycles.